The lowest BCUT2D eigenvalue weighted by Crippen LogP contribution is -2.46. The van der Waals surface area contributed by atoms with Crippen LogP contribution in [-0.2, 0) is 23.4 Å². The smallest absolute Gasteiger partial charge is 0.167 e. The molecule has 1 aliphatic rings. The van der Waals surface area contributed by atoms with E-state index >= 15 is 0 Å². The Hall–Kier alpha value is -1.88. The first-order chi connectivity index (χ1) is 12.8. The lowest BCUT2D eigenvalue weighted by atomic mass is 9.98. The highest BCUT2D eigenvalue weighted by Gasteiger charge is 2.28. The van der Waals surface area contributed by atoms with Crippen LogP contribution in [0.2, 0.25) is 5.02 Å². The van der Waals surface area contributed by atoms with Gasteiger partial charge >= 0.3 is 0 Å². The Morgan fingerprint density at radius 2 is 2.11 bits per heavy atom. The van der Waals surface area contributed by atoms with Gasteiger partial charge in [0.05, 0.1) is 0 Å². The maximum atomic E-state index is 11.2. The van der Waals surface area contributed by atoms with Gasteiger partial charge in [0, 0.05) is 11.1 Å². The minimum absolute atomic E-state index is 0.00190. The minimum Gasteiger partial charge on any atom is -0.486 e. The van der Waals surface area contributed by atoms with Gasteiger partial charge in [0.1, 0.15) is 18.1 Å². The molecule has 2 aromatic rings. The number of ether oxygens (including phenoxy) is 1. The second-order valence-corrected chi connectivity index (χ2v) is 7.88. The second-order valence-electron chi connectivity index (χ2n) is 7.44. The predicted molar refractivity (Wildman–Crippen MR) is 107 cm³/mol. The van der Waals surface area contributed by atoms with Gasteiger partial charge in [-0.3, -0.25) is 10.1 Å². The molecular formula is C22H26ClNO3. The minimum atomic E-state index is -1.16. The van der Waals surface area contributed by atoms with E-state index in [0.717, 1.165) is 31.2 Å². The van der Waals surface area contributed by atoms with Gasteiger partial charge in [-0.2, -0.15) is 0 Å². The van der Waals surface area contributed by atoms with Crippen LogP contribution in [0, 0.1) is 0 Å². The van der Waals surface area contributed by atoms with E-state index in [1.807, 2.05) is 24.3 Å². The molecule has 0 saturated heterocycles. The van der Waals surface area contributed by atoms with E-state index in [1.54, 1.807) is 19.1 Å². The Bertz CT molecular complexity index is 819. The van der Waals surface area contributed by atoms with E-state index in [9.17, 15) is 9.90 Å². The molecule has 0 amide bonds. The van der Waals surface area contributed by atoms with Gasteiger partial charge in [0.15, 0.2) is 5.78 Å². The first kappa shape index (κ1) is 19.9. The van der Waals surface area contributed by atoms with E-state index in [4.69, 9.17) is 16.3 Å². The summed E-state index contributed by atoms with van der Waals surface area (Å²) in [6, 6.07) is 13.5. The van der Waals surface area contributed by atoms with Crippen LogP contribution in [0.4, 0.5) is 0 Å². The van der Waals surface area contributed by atoms with Crippen molar-refractivity contribution in [3.63, 3.8) is 0 Å². The fraction of sp³-hybridized carbons (Fsp3) is 0.409. The van der Waals surface area contributed by atoms with Crippen molar-refractivity contribution >= 4 is 17.4 Å². The maximum Gasteiger partial charge on any atom is 0.167 e. The lowest BCUT2D eigenvalue weighted by molar-refractivity contribution is -0.118. The summed E-state index contributed by atoms with van der Waals surface area (Å²) in [4.78, 5) is 11.2. The topological polar surface area (TPSA) is 58.6 Å². The number of ketones is 1. The number of Topliss-reactive ketones (excluding diaryl/α,β-unsaturated/α-hetero) is 1. The molecule has 0 heterocycles. The zero-order valence-corrected chi connectivity index (χ0v) is 16.6. The second kappa shape index (κ2) is 8.42. The average Bonchev–Trinajstić information content (AvgIpc) is 2.80. The fourth-order valence-corrected chi connectivity index (χ4v) is 3.80. The van der Waals surface area contributed by atoms with Crippen LogP contribution in [0.3, 0.4) is 0 Å². The molecule has 0 aromatic heterocycles. The van der Waals surface area contributed by atoms with Crippen molar-refractivity contribution < 1.29 is 14.6 Å². The molecule has 4 nitrogen and oxygen atoms in total. The lowest BCUT2D eigenvalue weighted by Gasteiger charge is -2.31. The summed E-state index contributed by atoms with van der Waals surface area (Å²) in [6.45, 7) is 3.36. The Morgan fingerprint density at radius 3 is 2.85 bits per heavy atom. The number of fused-ring (bicyclic) bond motifs is 1. The molecule has 2 N–H and O–H groups in total. The molecule has 2 atom stereocenters. The van der Waals surface area contributed by atoms with E-state index in [1.165, 1.54) is 18.1 Å². The third-order valence-electron chi connectivity index (χ3n) is 4.96. The summed E-state index contributed by atoms with van der Waals surface area (Å²) in [5.41, 5.74) is 2.09. The van der Waals surface area contributed by atoms with Crippen molar-refractivity contribution in [1.29, 1.82) is 0 Å². The Kier molecular flexibility index (Phi) is 6.20. The number of nitrogens with one attached hydrogen (secondary N) is 1. The zero-order chi connectivity index (χ0) is 19.4. The third-order valence-corrected chi connectivity index (χ3v) is 5.19. The summed E-state index contributed by atoms with van der Waals surface area (Å²) in [7, 11) is 0. The van der Waals surface area contributed by atoms with Crippen molar-refractivity contribution in [2.45, 2.75) is 51.3 Å². The molecule has 0 spiro atoms. The van der Waals surface area contributed by atoms with Crippen molar-refractivity contribution in [3.8, 4) is 5.75 Å². The van der Waals surface area contributed by atoms with Crippen LogP contribution < -0.4 is 10.1 Å². The first-order valence-corrected chi connectivity index (χ1v) is 9.71. The van der Waals surface area contributed by atoms with Gasteiger partial charge in [0.25, 0.3) is 0 Å². The molecule has 0 fully saturated rings. The summed E-state index contributed by atoms with van der Waals surface area (Å²) < 4.78 is 5.56. The molecule has 2 unspecified atom stereocenters. The molecule has 5 heteroatoms. The number of aliphatic hydroxyl groups is 1. The molecule has 0 bridgehead atoms. The number of hydrogen-bond donors (Lipinski definition) is 2. The van der Waals surface area contributed by atoms with Crippen LogP contribution in [-0.4, -0.2) is 23.5 Å². The van der Waals surface area contributed by atoms with Crippen LogP contribution in [0.1, 0.15) is 43.4 Å². The number of halogens is 1. The highest BCUT2D eigenvalue weighted by Crippen LogP contribution is 2.28. The molecule has 3 rings (SSSR count). The number of carbonyl (C=O) groups excluding carboxylic acids is 1. The van der Waals surface area contributed by atoms with Gasteiger partial charge in [-0.15, -0.1) is 0 Å². The zero-order valence-electron chi connectivity index (χ0n) is 15.8. The van der Waals surface area contributed by atoms with Crippen LogP contribution >= 0.6 is 11.6 Å². The van der Waals surface area contributed by atoms with Gasteiger partial charge < -0.3 is 9.84 Å². The molecule has 27 heavy (non-hydrogen) atoms. The maximum absolute atomic E-state index is 11.2. The number of rotatable bonds is 6. The van der Waals surface area contributed by atoms with E-state index in [2.05, 4.69) is 11.4 Å². The van der Waals surface area contributed by atoms with Gasteiger partial charge in [-0.1, -0.05) is 29.8 Å². The predicted octanol–water partition coefficient (Wildman–Crippen LogP) is 4.01. The SMILES string of the molecule is CC(=O)COc1ccc2c(c1)CC(NC(C)(O)c1cccc(Cl)c1)CCC2. The van der Waals surface area contributed by atoms with E-state index < -0.39 is 5.72 Å². The third kappa shape index (κ3) is 5.32. The van der Waals surface area contributed by atoms with Crippen LogP contribution in [0.15, 0.2) is 42.5 Å². The molecule has 2 aromatic carbocycles. The number of hydrogen-bond acceptors (Lipinski definition) is 4. The van der Waals surface area contributed by atoms with Crippen molar-refractivity contribution in [2.75, 3.05) is 6.61 Å². The average molecular weight is 388 g/mol. The summed E-state index contributed by atoms with van der Waals surface area (Å²) in [6.07, 6.45) is 3.81. The molecule has 144 valence electrons. The standard InChI is InChI=1S/C22H26ClNO3/c1-15(25)14-27-21-10-9-16-5-3-8-20(11-17(16)12-21)24-22(2,26)18-6-4-7-19(23)13-18/h4,6-7,9-10,12-13,20,24,26H,3,5,8,11,14H2,1-2H3. The molecule has 0 radical (unpaired) electrons. The molecular weight excluding hydrogens is 362 g/mol. The van der Waals surface area contributed by atoms with Gasteiger partial charge in [-0.05, 0) is 80.5 Å². The van der Waals surface area contributed by atoms with Gasteiger partial charge in [0.2, 0.25) is 0 Å². The first-order valence-electron chi connectivity index (χ1n) is 9.33. The summed E-state index contributed by atoms with van der Waals surface area (Å²) >= 11 is 6.08. The molecule has 0 aliphatic heterocycles. The number of carbonyl (C=O) groups is 1. The van der Waals surface area contributed by atoms with Crippen molar-refractivity contribution in [3.05, 3.63) is 64.2 Å². The Balaban J connectivity index is 1.75. The van der Waals surface area contributed by atoms with Crippen LogP contribution in [0.25, 0.3) is 0 Å². The number of aryl methyl sites for hydroxylation is 1. The monoisotopic (exact) mass is 387 g/mol. The van der Waals surface area contributed by atoms with Gasteiger partial charge in [-0.25, -0.2) is 0 Å². The fourth-order valence-electron chi connectivity index (χ4n) is 3.61. The Morgan fingerprint density at radius 1 is 1.30 bits per heavy atom. The normalized spacial score (nSPS) is 18.9. The number of benzene rings is 2. The molecule has 0 saturated carbocycles. The summed E-state index contributed by atoms with van der Waals surface area (Å²) in [5.74, 6) is 0.716. The van der Waals surface area contributed by atoms with E-state index in [-0.39, 0.29) is 18.4 Å². The highest BCUT2D eigenvalue weighted by molar-refractivity contribution is 6.30. The largest absolute Gasteiger partial charge is 0.486 e. The molecule has 1 aliphatic carbocycles. The van der Waals surface area contributed by atoms with Crippen LogP contribution in [0.5, 0.6) is 5.75 Å². The Labute approximate surface area is 165 Å². The quantitative estimate of drug-likeness (QED) is 0.580. The van der Waals surface area contributed by atoms with E-state index in [0.29, 0.717) is 10.8 Å². The summed E-state index contributed by atoms with van der Waals surface area (Å²) in [5, 5.41) is 15.0. The van der Waals surface area contributed by atoms with Crippen molar-refractivity contribution in [1.82, 2.24) is 5.32 Å². The highest BCUT2D eigenvalue weighted by atomic mass is 35.5. The van der Waals surface area contributed by atoms with Crippen molar-refractivity contribution in [2.24, 2.45) is 0 Å².